The normalized spacial score (nSPS) is 14.0. The van der Waals surface area contributed by atoms with Crippen LogP contribution in [0.2, 0.25) is 0 Å². The average molecular weight is 210 g/mol. The summed E-state index contributed by atoms with van der Waals surface area (Å²) in [5.74, 6) is -0.0320. The van der Waals surface area contributed by atoms with Gasteiger partial charge in [0.2, 0.25) is 0 Å². The fourth-order valence-electron chi connectivity index (χ4n) is 0.990. The van der Waals surface area contributed by atoms with Crippen LogP contribution in [0, 0.1) is 0 Å². The molecule has 1 aromatic heterocycles. The van der Waals surface area contributed by atoms with Gasteiger partial charge in [-0.15, -0.1) is 0 Å². The maximum absolute atomic E-state index is 9.53. The molecule has 0 aliphatic heterocycles. The third kappa shape index (κ3) is 3.10. The van der Waals surface area contributed by atoms with E-state index in [1.54, 1.807) is 0 Å². The zero-order chi connectivity index (χ0) is 11.3. The van der Waals surface area contributed by atoms with Gasteiger partial charge in [0, 0.05) is 4.91 Å². The van der Waals surface area contributed by atoms with Crippen molar-refractivity contribution in [3.8, 4) is 5.75 Å². The van der Waals surface area contributed by atoms with Gasteiger partial charge in [0.1, 0.15) is 11.9 Å². The van der Waals surface area contributed by atoms with Gasteiger partial charge in [0.15, 0.2) is 0 Å². The molecule has 0 aliphatic carbocycles. The zero-order valence-electron chi connectivity index (χ0n) is 7.72. The van der Waals surface area contributed by atoms with Crippen molar-refractivity contribution in [1.29, 1.82) is 0 Å². The van der Waals surface area contributed by atoms with Crippen LogP contribution in [-0.4, -0.2) is 33.0 Å². The Balaban J connectivity index is 2.70. The Labute approximate surface area is 85.3 Å². The number of rotatable bonds is 4. The van der Waals surface area contributed by atoms with Crippen LogP contribution >= 0.6 is 0 Å². The Kier molecular flexibility index (Phi) is 3.87. The number of aliphatic hydroxyl groups is 2. The molecule has 0 aromatic carbocycles. The van der Waals surface area contributed by atoms with Gasteiger partial charge in [0.05, 0.1) is 24.5 Å². The fraction of sp³-hybridized carbons (Fsp3) is 0.375. The molecule has 0 bridgehead atoms. The van der Waals surface area contributed by atoms with Gasteiger partial charge in [-0.25, -0.2) is 0 Å². The maximum atomic E-state index is 9.53. The van der Waals surface area contributed by atoms with E-state index >= 15 is 0 Å². The van der Waals surface area contributed by atoms with E-state index in [0.29, 0.717) is 0 Å². The van der Waals surface area contributed by atoms with Crippen molar-refractivity contribution in [3.63, 3.8) is 0 Å². The van der Waals surface area contributed by atoms with Crippen molar-refractivity contribution in [2.75, 3.05) is 6.54 Å². The molecule has 1 rings (SSSR count). The Bertz CT molecular complexity index is 361. The van der Waals surface area contributed by atoms with Crippen molar-refractivity contribution in [1.82, 2.24) is 4.98 Å². The minimum Gasteiger partial charge on any atom is -0.506 e. The highest BCUT2D eigenvalue weighted by Gasteiger charge is 2.18. The second kappa shape index (κ2) is 5.16. The summed E-state index contributed by atoms with van der Waals surface area (Å²) in [5, 5.41) is 31.0. The smallest absolute Gasteiger partial charge is 0.133 e. The number of aliphatic hydroxyl groups excluding tert-OH is 2. The number of hydrogen-bond acceptors (Lipinski definition) is 5. The van der Waals surface area contributed by atoms with Crippen molar-refractivity contribution in [3.05, 3.63) is 34.5 Å². The highest BCUT2D eigenvalue weighted by molar-refractivity contribution is 5.19. The molecular weight excluding hydrogens is 200 g/mol. The monoisotopic (exact) mass is 210 g/mol. The third-order valence-corrected chi connectivity index (χ3v) is 1.77. The first-order chi connectivity index (χ1) is 7.15. The predicted octanol–water partition coefficient (Wildman–Crippen LogP) is 0.492. The first-order valence-corrected chi connectivity index (χ1v) is 4.17. The van der Waals surface area contributed by atoms with Crippen LogP contribution in [0.4, 0.5) is 0 Å². The van der Waals surface area contributed by atoms with E-state index in [1.807, 2.05) is 0 Å². The van der Waals surface area contributed by atoms with Gasteiger partial charge in [-0.2, -0.15) is 0 Å². The van der Waals surface area contributed by atoms with Crippen LogP contribution in [-0.2, 0) is 0 Å². The maximum Gasteiger partial charge on any atom is 0.133 e. The van der Waals surface area contributed by atoms with Crippen molar-refractivity contribution in [2.24, 2.45) is 5.11 Å². The zero-order valence-corrected chi connectivity index (χ0v) is 7.72. The van der Waals surface area contributed by atoms with Gasteiger partial charge < -0.3 is 15.3 Å². The van der Waals surface area contributed by atoms with Gasteiger partial charge in [-0.05, 0) is 17.7 Å². The van der Waals surface area contributed by atoms with E-state index in [-0.39, 0.29) is 18.0 Å². The van der Waals surface area contributed by atoms with Gasteiger partial charge in [0.25, 0.3) is 0 Å². The van der Waals surface area contributed by atoms with E-state index in [2.05, 4.69) is 15.0 Å². The van der Waals surface area contributed by atoms with Crippen LogP contribution in [0.3, 0.4) is 0 Å². The second-order valence-electron chi connectivity index (χ2n) is 2.87. The summed E-state index contributed by atoms with van der Waals surface area (Å²) in [5.41, 5.74) is 8.22. The highest BCUT2D eigenvalue weighted by Crippen LogP contribution is 2.16. The predicted molar refractivity (Wildman–Crippen MR) is 50.9 cm³/mol. The van der Waals surface area contributed by atoms with Gasteiger partial charge in [-0.3, -0.25) is 4.98 Å². The molecule has 1 heterocycles. The number of aromatic hydroxyl groups is 1. The Morgan fingerprint density at radius 3 is 2.73 bits per heavy atom. The Morgan fingerprint density at radius 2 is 2.20 bits per heavy atom. The first kappa shape index (κ1) is 11.3. The lowest BCUT2D eigenvalue weighted by molar-refractivity contribution is 0.0217. The molecule has 15 heavy (non-hydrogen) atoms. The van der Waals surface area contributed by atoms with Crippen molar-refractivity contribution < 1.29 is 15.3 Å². The standard InChI is InChI=1S/C8H10N4O3/c9-12-11-4-7(14)8(15)6-2-1-5(13)3-10-6/h1-3,7-8,13-15H,4H2. The quantitative estimate of drug-likeness (QED) is 0.380. The molecule has 2 atom stereocenters. The molecule has 7 heteroatoms. The number of hydrogen-bond donors (Lipinski definition) is 3. The molecule has 0 fully saturated rings. The lowest BCUT2D eigenvalue weighted by Crippen LogP contribution is -2.21. The minimum absolute atomic E-state index is 0.0320. The first-order valence-electron chi connectivity index (χ1n) is 4.17. The summed E-state index contributed by atoms with van der Waals surface area (Å²) in [6.45, 7) is -0.236. The number of aromatic nitrogens is 1. The molecule has 7 nitrogen and oxygen atoms in total. The number of pyridine rings is 1. The summed E-state index contributed by atoms with van der Waals surface area (Å²) in [6.07, 6.45) is -1.30. The van der Waals surface area contributed by atoms with Crippen LogP contribution in [0.1, 0.15) is 11.8 Å². The average Bonchev–Trinajstić information content (AvgIpc) is 2.26. The third-order valence-electron chi connectivity index (χ3n) is 1.77. The molecule has 1 aromatic rings. The Morgan fingerprint density at radius 1 is 1.47 bits per heavy atom. The van der Waals surface area contributed by atoms with E-state index in [4.69, 9.17) is 10.6 Å². The van der Waals surface area contributed by atoms with Gasteiger partial charge >= 0.3 is 0 Å². The van der Waals surface area contributed by atoms with Crippen molar-refractivity contribution in [2.45, 2.75) is 12.2 Å². The number of azide groups is 1. The lowest BCUT2D eigenvalue weighted by Gasteiger charge is -2.14. The molecule has 0 saturated carbocycles. The molecule has 0 spiro atoms. The van der Waals surface area contributed by atoms with Crippen LogP contribution in [0.25, 0.3) is 10.4 Å². The molecule has 3 N–H and O–H groups in total. The second-order valence-corrected chi connectivity index (χ2v) is 2.87. The molecule has 0 saturated heterocycles. The molecule has 0 amide bonds. The van der Waals surface area contributed by atoms with Crippen LogP contribution in [0.15, 0.2) is 23.4 Å². The summed E-state index contributed by atoms with van der Waals surface area (Å²) < 4.78 is 0. The summed E-state index contributed by atoms with van der Waals surface area (Å²) in [4.78, 5) is 6.17. The molecule has 80 valence electrons. The van der Waals surface area contributed by atoms with Gasteiger partial charge in [-0.1, -0.05) is 5.11 Å². The van der Waals surface area contributed by atoms with E-state index in [1.165, 1.54) is 12.1 Å². The highest BCUT2D eigenvalue weighted by atomic mass is 16.3. The summed E-state index contributed by atoms with van der Waals surface area (Å²) in [7, 11) is 0. The minimum atomic E-state index is -1.24. The lowest BCUT2D eigenvalue weighted by atomic mass is 10.1. The molecular formula is C8H10N4O3. The topological polar surface area (TPSA) is 122 Å². The largest absolute Gasteiger partial charge is 0.506 e. The molecule has 0 radical (unpaired) electrons. The van der Waals surface area contributed by atoms with Crippen LogP contribution in [0.5, 0.6) is 5.75 Å². The SMILES string of the molecule is [N-]=[N+]=NCC(O)C(O)c1ccc(O)cn1. The van der Waals surface area contributed by atoms with E-state index in [0.717, 1.165) is 6.20 Å². The summed E-state index contributed by atoms with van der Waals surface area (Å²) in [6, 6.07) is 2.71. The molecule has 0 aliphatic rings. The fourth-order valence-corrected chi connectivity index (χ4v) is 0.990. The summed E-state index contributed by atoms with van der Waals surface area (Å²) >= 11 is 0. The Hall–Kier alpha value is -1.82. The van der Waals surface area contributed by atoms with E-state index in [9.17, 15) is 10.2 Å². The van der Waals surface area contributed by atoms with Crippen LogP contribution < -0.4 is 0 Å². The number of nitrogens with zero attached hydrogens (tertiary/aromatic N) is 4. The molecule has 2 unspecified atom stereocenters. The van der Waals surface area contributed by atoms with E-state index < -0.39 is 12.2 Å². The van der Waals surface area contributed by atoms with Crippen molar-refractivity contribution >= 4 is 0 Å².